The van der Waals surface area contributed by atoms with E-state index >= 15 is 0 Å². The molecule has 5 heteroatoms. The van der Waals surface area contributed by atoms with E-state index in [4.69, 9.17) is 5.73 Å². The normalized spacial score (nSPS) is 12.4. The first kappa shape index (κ1) is 15.1. The van der Waals surface area contributed by atoms with E-state index in [1.165, 1.54) is 0 Å². The fourth-order valence-electron chi connectivity index (χ4n) is 2.38. The molecule has 0 aliphatic rings. The predicted molar refractivity (Wildman–Crippen MR) is 83.4 cm³/mol. The quantitative estimate of drug-likeness (QED) is 0.922. The Morgan fingerprint density at radius 2 is 2.00 bits per heavy atom. The van der Waals surface area contributed by atoms with Gasteiger partial charge in [-0.2, -0.15) is 0 Å². The number of fused-ring (bicyclic) bond motifs is 1. The van der Waals surface area contributed by atoms with Crippen LogP contribution in [-0.4, -0.2) is 18.7 Å². The van der Waals surface area contributed by atoms with Crippen molar-refractivity contribution in [1.29, 1.82) is 0 Å². The van der Waals surface area contributed by atoms with Gasteiger partial charge in [0.15, 0.2) is 9.84 Å². The SMILES string of the molecule is CCS(=O)(=O)Cc1cn(C(C)C)c2cc(CN)ccc12. The van der Waals surface area contributed by atoms with Crippen LogP contribution >= 0.6 is 0 Å². The van der Waals surface area contributed by atoms with Crippen LogP contribution in [-0.2, 0) is 22.1 Å². The van der Waals surface area contributed by atoms with E-state index in [9.17, 15) is 8.42 Å². The number of aromatic nitrogens is 1. The summed E-state index contributed by atoms with van der Waals surface area (Å²) >= 11 is 0. The van der Waals surface area contributed by atoms with Crippen LogP contribution in [0.15, 0.2) is 24.4 Å². The monoisotopic (exact) mass is 294 g/mol. The lowest BCUT2D eigenvalue weighted by Gasteiger charge is -2.09. The molecule has 0 fully saturated rings. The molecule has 4 nitrogen and oxygen atoms in total. The smallest absolute Gasteiger partial charge is 0.154 e. The fraction of sp³-hybridized carbons (Fsp3) is 0.467. The Morgan fingerprint density at radius 3 is 2.55 bits per heavy atom. The van der Waals surface area contributed by atoms with Crippen molar-refractivity contribution in [2.45, 2.75) is 39.1 Å². The maximum absolute atomic E-state index is 11.9. The summed E-state index contributed by atoms with van der Waals surface area (Å²) in [6.07, 6.45) is 1.96. The van der Waals surface area contributed by atoms with Gasteiger partial charge in [0.25, 0.3) is 0 Å². The summed E-state index contributed by atoms with van der Waals surface area (Å²) in [6.45, 7) is 6.35. The number of sulfone groups is 1. The van der Waals surface area contributed by atoms with Crippen LogP contribution in [0, 0.1) is 0 Å². The van der Waals surface area contributed by atoms with Crippen molar-refractivity contribution in [2.75, 3.05) is 5.75 Å². The maximum atomic E-state index is 11.9. The highest BCUT2D eigenvalue weighted by molar-refractivity contribution is 7.90. The predicted octanol–water partition coefficient (Wildman–Crippen LogP) is 2.62. The number of hydrogen-bond acceptors (Lipinski definition) is 3. The van der Waals surface area contributed by atoms with Gasteiger partial charge in [-0.25, -0.2) is 8.42 Å². The van der Waals surface area contributed by atoms with Crippen LogP contribution in [0.1, 0.15) is 37.9 Å². The average Bonchev–Trinajstić information content (AvgIpc) is 2.76. The van der Waals surface area contributed by atoms with Crippen LogP contribution in [0.3, 0.4) is 0 Å². The van der Waals surface area contributed by atoms with Crippen molar-refractivity contribution in [3.8, 4) is 0 Å². The molecule has 110 valence electrons. The molecule has 0 saturated heterocycles. The second kappa shape index (κ2) is 5.58. The summed E-state index contributed by atoms with van der Waals surface area (Å²) in [5.41, 5.74) is 8.68. The standard InChI is InChI=1S/C15H22N2O2S/c1-4-20(18,19)10-13-9-17(11(2)3)15-7-12(8-16)5-6-14(13)15/h5-7,9,11H,4,8,10,16H2,1-3H3. The molecule has 0 radical (unpaired) electrons. The fourth-order valence-corrected chi connectivity index (χ4v) is 3.29. The molecule has 20 heavy (non-hydrogen) atoms. The van der Waals surface area contributed by atoms with Crippen molar-refractivity contribution < 1.29 is 8.42 Å². The number of nitrogens with zero attached hydrogens (tertiary/aromatic N) is 1. The summed E-state index contributed by atoms with van der Waals surface area (Å²) in [5.74, 6) is 0.268. The van der Waals surface area contributed by atoms with Gasteiger partial charge in [0.05, 0.1) is 5.75 Å². The van der Waals surface area contributed by atoms with Crippen LogP contribution in [0.5, 0.6) is 0 Å². The molecule has 0 amide bonds. The molecular formula is C15H22N2O2S. The Kier molecular flexibility index (Phi) is 4.20. The summed E-state index contributed by atoms with van der Waals surface area (Å²) in [5, 5.41) is 1.01. The van der Waals surface area contributed by atoms with Gasteiger partial charge >= 0.3 is 0 Å². The molecule has 0 aliphatic heterocycles. The Bertz CT molecular complexity index is 715. The second-order valence-corrected chi connectivity index (χ2v) is 7.74. The van der Waals surface area contributed by atoms with Crippen molar-refractivity contribution in [3.05, 3.63) is 35.5 Å². The van der Waals surface area contributed by atoms with Crippen molar-refractivity contribution >= 4 is 20.7 Å². The Balaban J connectivity index is 2.62. The van der Waals surface area contributed by atoms with E-state index in [0.29, 0.717) is 6.54 Å². The third-order valence-electron chi connectivity index (χ3n) is 3.59. The highest BCUT2D eigenvalue weighted by Crippen LogP contribution is 2.27. The highest BCUT2D eigenvalue weighted by Gasteiger charge is 2.16. The molecule has 0 spiro atoms. The first-order valence-corrected chi connectivity index (χ1v) is 8.73. The zero-order valence-electron chi connectivity index (χ0n) is 12.3. The van der Waals surface area contributed by atoms with E-state index in [0.717, 1.165) is 22.0 Å². The molecule has 1 aromatic carbocycles. The van der Waals surface area contributed by atoms with Crippen LogP contribution in [0.25, 0.3) is 10.9 Å². The molecule has 1 heterocycles. The van der Waals surface area contributed by atoms with E-state index < -0.39 is 9.84 Å². The summed E-state index contributed by atoms with van der Waals surface area (Å²) < 4.78 is 25.9. The Morgan fingerprint density at radius 1 is 1.30 bits per heavy atom. The zero-order valence-corrected chi connectivity index (χ0v) is 13.1. The summed E-state index contributed by atoms with van der Waals surface area (Å²) in [6, 6.07) is 6.28. The lowest BCUT2D eigenvalue weighted by Crippen LogP contribution is -2.06. The second-order valence-electron chi connectivity index (χ2n) is 5.39. The van der Waals surface area contributed by atoms with Crippen LogP contribution in [0.2, 0.25) is 0 Å². The molecule has 0 aliphatic carbocycles. The topological polar surface area (TPSA) is 65.1 Å². The Hall–Kier alpha value is -1.33. The third-order valence-corrected chi connectivity index (χ3v) is 5.22. The molecule has 0 unspecified atom stereocenters. The number of rotatable bonds is 5. The lowest BCUT2D eigenvalue weighted by atomic mass is 10.1. The minimum Gasteiger partial charge on any atom is -0.345 e. The molecule has 1 aromatic heterocycles. The van der Waals surface area contributed by atoms with Crippen LogP contribution < -0.4 is 5.73 Å². The highest BCUT2D eigenvalue weighted by atomic mass is 32.2. The minimum absolute atomic E-state index is 0.0989. The van der Waals surface area contributed by atoms with Gasteiger partial charge in [-0.1, -0.05) is 19.1 Å². The van der Waals surface area contributed by atoms with Crippen molar-refractivity contribution in [1.82, 2.24) is 4.57 Å². The van der Waals surface area contributed by atoms with Gasteiger partial charge in [-0.15, -0.1) is 0 Å². The minimum atomic E-state index is -3.03. The third kappa shape index (κ3) is 2.88. The van der Waals surface area contributed by atoms with E-state index in [1.807, 2.05) is 18.3 Å². The summed E-state index contributed by atoms with van der Waals surface area (Å²) in [4.78, 5) is 0. The lowest BCUT2D eigenvalue weighted by molar-refractivity contribution is 0.595. The number of hydrogen-bond donors (Lipinski definition) is 1. The van der Waals surface area contributed by atoms with Crippen LogP contribution in [0.4, 0.5) is 0 Å². The average molecular weight is 294 g/mol. The van der Waals surface area contributed by atoms with Gasteiger partial charge < -0.3 is 10.3 Å². The number of benzene rings is 1. The van der Waals surface area contributed by atoms with Gasteiger partial charge in [0.1, 0.15) is 0 Å². The first-order chi connectivity index (χ1) is 9.38. The molecule has 2 rings (SSSR count). The largest absolute Gasteiger partial charge is 0.345 e. The van der Waals surface area contributed by atoms with Crippen molar-refractivity contribution in [3.63, 3.8) is 0 Å². The maximum Gasteiger partial charge on any atom is 0.154 e. The summed E-state index contributed by atoms with van der Waals surface area (Å²) in [7, 11) is -3.03. The molecule has 0 saturated carbocycles. The van der Waals surface area contributed by atoms with Gasteiger partial charge in [0, 0.05) is 35.4 Å². The van der Waals surface area contributed by atoms with E-state index in [2.05, 4.69) is 24.5 Å². The van der Waals surface area contributed by atoms with Crippen molar-refractivity contribution in [2.24, 2.45) is 5.73 Å². The van der Waals surface area contributed by atoms with Gasteiger partial charge in [-0.05, 0) is 31.0 Å². The van der Waals surface area contributed by atoms with E-state index in [-0.39, 0.29) is 17.5 Å². The number of nitrogens with two attached hydrogens (primary N) is 1. The molecule has 2 N–H and O–H groups in total. The molecule has 2 aromatic rings. The molecular weight excluding hydrogens is 272 g/mol. The molecule has 0 bridgehead atoms. The molecule has 0 atom stereocenters. The van der Waals surface area contributed by atoms with Gasteiger partial charge in [-0.3, -0.25) is 0 Å². The first-order valence-electron chi connectivity index (χ1n) is 6.90. The zero-order chi connectivity index (χ0) is 14.9. The van der Waals surface area contributed by atoms with Gasteiger partial charge in [0.2, 0.25) is 0 Å². The Labute approximate surface area is 120 Å². The van der Waals surface area contributed by atoms with E-state index in [1.54, 1.807) is 6.92 Å².